The largest absolute Gasteiger partial charge is 0.496 e. The number of nitrogens with zero attached hydrogens (tertiary/aromatic N) is 2. The summed E-state index contributed by atoms with van der Waals surface area (Å²) in [6.45, 7) is 1.40. The van der Waals surface area contributed by atoms with Crippen LogP contribution in [0.15, 0.2) is 47.4 Å². The van der Waals surface area contributed by atoms with Gasteiger partial charge >= 0.3 is 0 Å². The molecule has 0 N–H and O–H groups in total. The Morgan fingerprint density at radius 3 is 2.38 bits per heavy atom. The monoisotopic (exact) mass is 356 g/mol. The van der Waals surface area contributed by atoms with Gasteiger partial charge in [-0.05, 0) is 42.5 Å². The number of para-hydroxylation sites is 1. The van der Waals surface area contributed by atoms with Crippen molar-refractivity contribution in [2.45, 2.75) is 25.3 Å². The number of ether oxygens (including phenoxy) is 2. The van der Waals surface area contributed by atoms with Gasteiger partial charge < -0.3 is 18.9 Å². The van der Waals surface area contributed by atoms with Gasteiger partial charge in [-0.1, -0.05) is 18.2 Å². The van der Waals surface area contributed by atoms with E-state index in [0.717, 1.165) is 18.6 Å². The van der Waals surface area contributed by atoms with E-state index in [2.05, 4.69) is 6.07 Å². The van der Waals surface area contributed by atoms with E-state index in [1.807, 2.05) is 23.1 Å². The molecule has 0 unspecified atom stereocenters. The zero-order chi connectivity index (χ0) is 18.5. The third kappa shape index (κ3) is 3.74. The maximum atomic E-state index is 12.6. The molecular weight excluding hydrogens is 332 g/mol. The first-order valence-electron chi connectivity index (χ1n) is 8.78. The van der Waals surface area contributed by atoms with E-state index in [9.17, 15) is 9.59 Å². The number of piperidine rings is 1. The number of carbonyl (C=O) groups excluding carboxylic acids is 1. The Hall–Kier alpha value is -2.76. The van der Waals surface area contributed by atoms with Crippen molar-refractivity contribution in [2.24, 2.45) is 0 Å². The summed E-state index contributed by atoms with van der Waals surface area (Å²) in [7, 11) is 3.13. The Labute approximate surface area is 153 Å². The van der Waals surface area contributed by atoms with Crippen LogP contribution < -0.4 is 15.0 Å². The third-order valence-corrected chi connectivity index (χ3v) is 4.94. The number of rotatable bonds is 5. The molecule has 1 fully saturated rings. The van der Waals surface area contributed by atoms with E-state index in [1.165, 1.54) is 17.2 Å². The van der Waals surface area contributed by atoms with Crippen LogP contribution in [0.25, 0.3) is 0 Å². The smallest absolute Gasteiger partial charge is 0.293 e. The highest BCUT2D eigenvalue weighted by molar-refractivity contribution is 5.76. The molecule has 6 heteroatoms. The molecule has 3 rings (SSSR count). The molecule has 1 aliphatic rings. The van der Waals surface area contributed by atoms with E-state index in [4.69, 9.17) is 9.47 Å². The van der Waals surface area contributed by atoms with Crippen LogP contribution in [0.4, 0.5) is 0 Å². The number of hydrogen-bond acceptors (Lipinski definition) is 4. The number of amides is 1. The summed E-state index contributed by atoms with van der Waals surface area (Å²) in [6, 6.07) is 11.4. The van der Waals surface area contributed by atoms with Crippen molar-refractivity contribution in [3.8, 4) is 11.5 Å². The average Bonchev–Trinajstić information content (AvgIpc) is 2.69. The normalized spacial score (nSPS) is 14.9. The highest BCUT2D eigenvalue weighted by Gasteiger charge is 2.25. The van der Waals surface area contributed by atoms with E-state index >= 15 is 0 Å². The van der Waals surface area contributed by atoms with Gasteiger partial charge in [-0.2, -0.15) is 0 Å². The van der Waals surface area contributed by atoms with Crippen molar-refractivity contribution in [1.29, 1.82) is 0 Å². The number of benzene rings is 1. The number of methoxy groups -OCH3 is 2. The molecule has 0 aliphatic carbocycles. The van der Waals surface area contributed by atoms with Gasteiger partial charge in [-0.25, -0.2) is 0 Å². The third-order valence-electron chi connectivity index (χ3n) is 4.94. The van der Waals surface area contributed by atoms with Crippen LogP contribution in [0.1, 0.15) is 24.3 Å². The first-order chi connectivity index (χ1) is 12.6. The van der Waals surface area contributed by atoms with Crippen LogP contribution in [0.5, 0.6) is 11.5 Å². The zero-order valence-corrected chi connectivity index (χ0v) is 15.2. The molecule has 0 spiro atoms. The van der Waals surface area contributed by atoms with Crippen molar-refractivity contribution >= 4 is 5.91 Å². The molecule has 1 amide bonds. The second-order valence-corrected chi connectivity index (χ2v) is 6.41. The van der Waals surface area contributed by atoms with Crippen LogP contribution in [0, 0.1) is 0 Å². The number of aromatic nitrogens is 1. The first-order valence-corrected chi connectivity index (χ1v) is 8.78. The van der Waals surface area contributed by atoms with Gasteiger partial charge in [-0.3, -0.25) is 9.59 Å². The van der Waals surface area contributed by atoms with Crippen molar-refractivity contribution in [2.75, 3.05) is 27.3 Å². The summed E-state index contributed by atoms with van der Waals surface area (Å²) >= 11 is 0. The molecule has 1 saturated heterocycles. The SMILES string of the molecule is COc1ccccc1C1CCN(C(=O)Cn2cccc(OC)c2=O)CC1. The minimum absolute atomic E-state index is 0.0371. The van der Waals surface area contributed by atoms with E-state index in [-0.39, 0.29) is 23.8 Å². The van der Waals surface area contributed by atoms with E-state index in [1.54, 1.807) is 25.4 Å². The molecule has 2 aromatic rings. The second kappa shape index (κ2) is 8.08. The molecule has 1 aromatic heterocycles. The van der Waals surface area contributed by atoms with Gasteiger partial charge in [0.05, 0.1) is 14.2 Å². The summed E-state index contributed by atoms with van der Waals surface area (Å²) in [5.41, 5.74) is 0.915. The lowest BCUT2D eigenvalue weighted by molar-refractivity contribution is -0.132. The second-order valence-electron chi connectivity index (χ2n) is 6.41. The summed E-state index contributed by atoms with van der Waals surface area (Å²) < 4.78 is 11.9. The predicted octanol–water partition coefficient (Wildman–Crippen LogP) is 2.27. The molecule has 2 heterocycles. The Morgan fingerprint density at radius 1 is 1.04 bits per heavy atom. The summed E-state index contributed by atoms with van der Waals surface area (Å²) in [5, 5.41) is 0. The fraction of sp³-hybridized carbons (Fsp3) is 0.400. The number of carbonyl (C=O) groups is 1. The lowest BCUT2D eigenvalue weighted by atomic mass is 9.89. The Kier molecular flexibility index (Phi) is 5.61. The fourth-order valence-electron chi connectivity index (χ4n) is 3.48. The lowest BCUT2D eigenvalue weighted by Crippen LogP contribution is -2.41. The van der Waals surface area contributed by atoms with Gasteiger partial charge in [0.2, 0.25) is 5.91 Å². The number of pyridine rings is 1. The topological polar surface area (TPSA) is 60.8 Å². The van der Waals surface area contributed by atoms with Crippen molar-refractivity contribution in [3.05, 3.63) is 58.5 Å². The molecule has 0 bridgehead atoms. The minimum atomic E-state index is -0.285. The lowest BCUT2D eigenvalue weighted by Gasteiger charge is -2.33. The Bertz CT molecular complexity index is 823. The molecule has 26 heavy (non-hydrogen) atoms. The van der Waals surface area contributed by atoms with Crippen LogP contribution in [-0.4, -0.2) is 42.7 Å². The minimum Gasteiger partial charge on any atom is -0.496 e. The molecule has 1 aromatic carbocycles. The molecule has 6 nitrogen and oxygen atoms in total. The maximum absolute atomic E-state index is 12.6. The number of likely N-dealkylation sites (tertiary alicyclic amines) is 1. The highest BCUT2D eigenvalue weighted by atomic mass is 16.5. The molecular formula is C20H24N2O4. The Balaban J connectivity index is 1.63. The molecule has 1 aliphatic heterocycles. The Morgan fingerprint density at radius 2 is 1.69 bits per heavy atom. The fourth-order valence-corrected chi connectivity index (χ4v) is 3.48. The number of hydrogen-bond donors (Lipinski definition) is 0. The van der Waals surface area contributed by atoms with Crippen molar-refractivity contribution < 1.29 is 14.3 Å². The predicted molar refractivity (Wildman–Crippen MR) is 98.8 cm³/mol. The summed E-state index contributed by atoms with van der Waals surface area (Å²) in [4.78, 5) is 26.6. The van der Waals surface area contributed by atoms with Gasteiger partial charge in [0, 0.05) is 19.3 Å². The van der Waals surface area contributed by atoms with Gasteiger partial charge in [0.1, 0.15) is 12.3 Å². The maximum Gasteiger partial charge on any atom is 0.293 e. The van der Waals surface area contributed by atoms with Gasteiger partial charge in [0.15, 0.2) is 5.75 Å². The molecule has 0 radical (unpaired) electrons. The van der Waals surface area contributed by atoms with Crippen molar-refractivity contribution in [1.82, 2.24) is 9.47 Å². The van der Waals surface area contributed by atoms with Crippen molar-refractivity contribution in [3.63, 3.8) is 0 Å². The highest BCUT2D eigenvalue weighted by Crippen LogP contribution is 2.33. The van der Waals surface area contributed by atoms with E-state index < -0.39 is 0 Å². The quantitative estimate of drug-likeness (QED) is 0.825. The van der Waals surface area contributed by atoms with Crippen LogP contribution >= 0.6 is 0 Å². The molecule has 0 atom stereocenters. The van der Waals surface area contributed by atoms with Crippen LogP contribution in [-0.2, 0) is 11.3 Å². The molecule has 0 saturated carbocycles. The zero-order valence-electron chi connectivity index (χ0n) is 15.2. The average molecular weight is 356 g/mol. The standard InChI is InChI=1S/C20H24N2O4/c1-25-17-7-4-3-6-16(17)15-9-12-21(13-10-15)19(23)14-22-11-5-8-18(26-2)20(22)24/h3-8,11,15H,9-10,12-14H2,1-2H3. The van der Waals surface area contributed by atoms with Gasteiger partial charge in [0.25, 0.3) is 5.56 Å². The van der Waals surface area contributed by atoms with Crippen LogP contribution in [0.2, 0.25) is 0 Å². The summed E-state index contributed by atoms with van der Waals surface area (Å²) in [5.74, 6) is 1.49. The van der Waals surface area contributed by atoms with E-state index in [0.29, 0.717) is 19.0 Å². The first kappa shape index (κ1) is 18.0. The van der Waals surface area contributed by atoms with Crippen LogP contribution in [0.3, 0.4) is 0 Å². The summed E-state index contributed by atoms with van der Waals surface area (Å²) in [6.07, 6.45) is 3.39. The van der Waals surface area contributed by atoms with Gasteiger partial charge in [-0.15, -0.1) is 0 Å². The molecule has 138 valence electrons.